The van der Waals surface area contributed by atoms with Crippen LogP contribution < -0.4 is 11.1 Å². The Morgan fingerprint density at radius 3 is 2.94 bits per heavy atom. The molecule has 0 atom stereocenters. The third-order valence-electron chi connectivity index (χ3n) is 3.47. The number of hydrogen-bond acceptors (Lipinski definition) is 4. The first-order chi connectivity index (χ1) is 8.40. The van der Waals surface area contributed by atoms with E-state index in [-0.39, 0.29) is 0 Å². The minimum absolute atomic E-state index is 0.509. The lowest BCUT2D eigenvalue weighted by Crippen LogP contribution is -2.27. The zero-order valence-electron chi connectivity index (χ0n) is 9.76. The molecule has 3 heterocycles. The monoisotopic (exact) mass is 231 g/mol. The summed E-state index contributed by atoms with van der Waals surface area (Å²) in [6.45, 7) is 2.64. The van der Waals surface area contributed by atoms with E-state index >= 15 is 0 Å². The van der Waals surface area contributed by atoms with E-state index in [1.165, 1.54) is 0 Å². The second-order valence-corrected chi connectivity index (χ2v) is 4.51. The van der Waals surface area contributed by atoms with Gasteiger partial charge in [-0.25, -0.2) is 0 Å². The van der Waals surface area contributed by atoms with Crippen molar-refractivity contribution in [1.82, 2.24) is 19.9 Å². The Bertz CT molecular complexity index is 513. The van der Waals surface area contributed by atoms with Crippen LogP contribution in [0.3, 0.4) is 0 Å². The van der Waals surface area contributed by atoms with E-state index in [4.69, 9.17) is 5.73 Å². The Morgan fingerprint density at radius 1 is 1.35 bits per heavy atom. The van der Waals surface area contributed by atoms with Crippen molar-refractivity contribution in [3.05, 3.63) is 29.7 Å². The number of nitrogens with zero attached hydrogens (tertiary/aromatic N) is 3. The maximum atomic E-state index is 5.71. The molecule has 3 rings (SSSR count). The number of piperidine rings is 1. The molecular formula is C12H17N5. The zero-order valence-corrected chi connectivity index (χ0v) is 9.76. The molecule has 1 aliphatic rings. The fourth-order valence-corrected chi connectivity index (χ4v) is 2.51. The molecule has 2 aromatic rings. The molecule has 5 nitrogen and oxygen atoms in total. The molecule has 0 unspecified atom stereocenters. The number of aromatic nitrogens is 3. The van der Waals surface area contributed by atoms with Crippen LogP contribution in [-0.2, 0) is 6.54 Å². The minimum Gasteiger partial charge on any atom is -0.326 e. The van der Waals surface area contributed by atoms with Crippen molar-refractivity contribution in [3.63, 3.8) is 0 Å². The van der Waals surface area contributed by atoms with E-state index in [0.717, 1.165) is 43.0 Å². The zero-order chi connectivity index (χ0) is 11.7. The quantitative estimate of drug-likeness (QED) is 0.796. The van der Waals surface area contributed by atoms with Gasteiger partial charge in [0.1, 0.15) is 5.82 Å². The molecule has 17 heavy (non-hydrogen) atoms. The van der Waals surface area contributed by atoms with Crippen LogP contribution in [-0.4, -0.2) is 27.7 Å². The highest BCUT2D eigenvalue weighted by atomic mass is 15.2. The Labute approximate surface area is 100 Å². The SMILES string of the molecule is NCc1cccn2c(C3CCNCC3)nnc12. The second kappa shape index (κ2) is 4.43. The van der Waals surface area contributed by atoms with Crippen LogP contribution in [0, 0.1) is 0 Å². The summed E-state index contributed by atoms with van der Waals surface area (Å²) in [6.07, 6.45) is 4.30. The van der Waals surface area contributed by atoms with Gasteiger partial charge in [0.15, 0.2) is 5.65 Å². The summed E-state index contributed by atoms with van der Waals surface area (Å²) in [4.78, 5) is 0. The van der Waals surface area contributed by atoms with E-state index < -0.39 is 0 Å². The number of hydrogen-bond donors (Lipinski definition) is 2. The molecule has 0 spiro atoms. The Hall–Kier alpha value is -1.46. The molecule has 0 aliphatic carbocycles. The van der Waals surface area contributed by atoms with Crippen LogP contribution in [0.5, 0.6) is 0 Å². The molecular weight excluding hydrogens is 214 g/mol. The topological polar surface area (TPSA) is 68.2 Å². The van der Waals surface area contributed by atoms with Gasteiger partial charge in [0.2, 0.25) is 0 Å². The maximum Gasteiger partial charge on any atom is 0.165 e. The Balaban J connectivity index is 2.05. The van der Waals surface area contributed by atoms with E-state index in [2.05, 4.69) is 19.9 Å². The molecule has 1 saturated heterocycles. The van der Waals surface area contributed by atoms with Gasteiger partial charge in [-0.1, -0.05) is 6.07 Å². The normalized spacial score (nSPS) is 17.7. The van der Waals surface area contributed by atoms with E-state index in [9.17, 15) is 0 Å². The first-order valence-electron chi connectivity index (χ1n) is 6.13. The third kappa shape index (κ3) is 1.81. The van der Waals surface area contributed by atoms with E-state index in [1.807, 2.05) is 18.3 Å². The van der Waals surface area contributed by atoms with Crippen LogP contribution in [0.15, 0.2) is 18.3 Å². The number of rotatable bonds is 2. The van der Waals surface area contributed by atoms with Crippen molar-refractivity contribution in [1.29, 1.82) is 0 Å². The molecule has 1 aliphatic heterocycles. The van der Waals surface area contributed by atoms with Gasteiger partial charge in [0.05, 0.1) is 0 Å². The summed E-state index contributed by atoms with van der Waals surface area (Å²) in [5.41, 5.74) is 7.67. The first-order valence-corrected chi connectivity index (χ1v) is 6.13. The van der Waals surface area contributed by atoms with Gasteiger partial charge in [-0.3, -0.25) is 4.40 Å². The summed E-state index contributed by atoms with van der Waals surface area (Å²) in [5, 5.41) is 12.0. The molecule has 5 heteroatoms. The first kappa shape index (κ1) is 10.7. The molecule has 0 aromatic carbocycles. The minimum atomic E-state index is 0.509. The largest absolute Gasteiger partial charge is 0.326 e. The van der Waals surface area contributed by atoms with Crippen LogP contribution in [0.2, 0.25) is 0 Å². The van der Waals surface area contributed by atoms with Crippen LogP contribution >= 0.6 is 0 Å². The summed E-state index contributed by atoms with van der Waals surface area (Å²) >= 11 is 0. The summed E-state index contributed by atoms with van der Waals surface area (Å²) in [6, 6.07) is 4.03. The lowest BCUT2D eigenvalue weighted by Gasteiger charge is -2.20. The van der Waals surface area contributed by atoms with Crippen molar-refractivity contribution in [2.75, 3.05) is 13.1 Å². The lowest BCUT2D eigenvalue weighted by molar-refractivity contribution is 0.442. The summed E-state index contributed by atoms with van der Waals surface area (Å²) in [7, 11) is 0. The van der Waals surface area contributed by atoms with Gasteiger partial charge < -0.3 is 11.1 Å². The number of fused-ring (bicyclic) bond motifs is 1. The van der Waals surface area contributed by atoms with Gasteiger partial charge in [-0.05, 0) is 32.0 Å². The average molecular weight is 231 g/mol. The molecule has 3 N–H and O–H groups in total. The summed E-state index contributed by atoms with van der Waals surface area (Å²) < 4.78 is 2.10. The van der Waals surface area contributed by atoms with Gasteiger partial charge in [0.25, 0.3) is 0 Å². The molecule has 0 radical (unpaired) electrons. The predicted octanol–water partition coefficient (Wildman–Crippen LogP) is 0.655. The maximum absolute atomic E-state index is 5.71. The highest BCUT2D eigenvalue weighted by Gasteiger charge is 2.20. The van der Waals surface area contributed by atoms with E-state index in [0.29, 0.717) is 12.5 Å². The van der Waals surface area contributed by atoms with Crippen molar-refractivity contribution < 1.29 is 0 Å². The molecule has 0 amide bonds. The van der Waals surface area contributed by atoms with Crippen molar-refractivity contribution in [2.45, 2.75) is 25.3 Å². The molecule has 0 bridgehead atoms. The number of pyridine rings is 1. The van der Waals surface area contributed by atoms with Gasteiger partial charge in [0, 0.05) is 24.2 Å². The molecule has 2 aromatic heterocycles. The van der Waals surface area contributed by atoms with Crippen molar-refractivity contribution in [3.8, 4) is 0 Å². The number of nitrogens with one attached hydrogen (secondary N) is 1. The lowest BCUT2D eigenvalue weighted by atomic mass is 9.97. The van der Waals surface area contributed by atoms with Crippen LogP contribution in [0.1, 0.15) is 30.1 Å². The summed E-state index contributed by atoms with van der Waals surface area (Å²) in [5.74, 6) is 1.59. The van der Waals surface area contributed by atoms with Crippen LogP contribution in [0.25, 0.3) is 5.65 Å². The standard InChI is InChI=1S/C12H17N5/c13-8-10-2-1-7-17-11(15-16-12(10)17)9-3-5-14-6-4-9/h1-2,7,9,14H,3-6,8,13H2. The average Bonchev–Trinajstić information content (AvgIpc) is 2.83. The molecule has 0 saturated carbocycles. The van der Waals surface area contributed by atoms with Gasteiger partial charge in [-0.2, -0.15) is 0 Å². The Kier molecular flexibility index (Phi) is 2.78. The van der Waals surface area contributed by atoms with Crippen molar-refractivity contribution in [2.24, 2.45) is 5.73 Å². The Morgan fingerprint density at radius 2 is 2.18 bits per heavy atom. The highest BCUT2D eigenvalue weighted by molar-refractivity contribution is 5.47. The fourth-order valence-electron chi connectivity index (χ4n) is 2.51. The van der Waals surface area contributed by atoms with Crippen molar-refractivity contribution >= 4 is 5.65 Å². The van der Waals surface area contributed by atoms with E-state index in [1.54, 1.807) is 0 Å². The fraction of sp³-hybridized carbons (Fsp3) is 0.500. The number of nitrogens with two attached hydrogens (primary N) is 1. The van der Waals surface area contributed by atoms with Crippen LogP contribution in [0.4, 0.5) is 0 Å². The third-order valence-corrected chi connectivity index (χ3v) is 3.47. The highest BCUT2D eigenvalue weighted by Crippen LogP contribution is 2.24. The molecule has 1 fully saturated rings. The molecule has 90 valence electrons. The predicted molar refractivity (Wildman–Crippen MR) is 65.7 cm³/mol. The van der Waals surface area contributed by atoms with Gasteiger partial charge >= 0.3 is 0 Å². The smallest absolute Gasteiger partial charge is 0.165 e. The van der Waals surface area contributed by atoms with Gasteiger partial charge in [-0.15, -0.1) is 10.2 Å². The second-order valence-electron chi connectivity index (χ2n) is 4.51.